The zero-order chi connectivity index (χ0) is 13.7. The van der Waals surface area contributed by atoms with E-state index in [1.807, 2.05) is 13.2 Å². The Labute approximate surface area is 115 Å². The zero-order valence-corrected chi connectivity index (χ0v) is 11.7. The van der Waals surface area contributed by atoms with E-state index in [9.17, 15) is 4.79 Å². The smallest absolute Gasteiger partial charge is 0.264 e. The second-order valence-corrected chi connectivity index (χ2v) is 4.93. The maximum atomic E-state index is 11.8. The van der Waals surface area contributed by atoms with Crippen molar-refractivity contribution in [3.05, 3.63) is 11.7 Å². The molecular weight excluding hydrogens is 268 g/mol. The molecule has 0 fully saturated rings. The highest BCUT2D eigenvalue weighted by molar-refractivity contribution is 7.97. The molecule has 0 spiro atoms. The Bertz CT molecular complexity index is 474. The first-order valence-corrected chi connectivity index (χ1v) is 7.42. The van der Waals surface area contributed by atoms with Gasteiger partial charge >= 0.3 is 0 Å². The molecular formula is C11H16N4O3S. The van der Waals surface area contributed by atoms with Crippen LogP contribution in [0.15, 0.2) is 9.68 Å². The van der Waals surface area contributed by atoms with Crippen molar-refractivity contribution >= 4 is 23.4 Å². The SMILES string of the molecule is CCC1=NO[C@@H](C(=O)NCc2nc(CSC)no2)C1. The van der Waals surface area contributed by atoms with Crippen molar-refractivity contribution in [2.45, 2.75) is 38.2 Å². The van der Waals surface area contributed by atoms with E-state index in [1.54, 1.807) is 11.8 Å². The van der Waals surface area contributed by atoms with Gasteiger partial charge in [0.2, 0.25) is 12.0 Å². The second-order valence-electron chi connectivity index (χ2n) is 4.06. The Morgan fingerprint density at radius 3 is 3.11 bits per heavy atom. The van der Waals surface area contributed by atoms with Crippen molar-refractivity contribution in [3.8, 4) is 0 Å². The van der Waals surface area contributed by atoms with Crippen LogP contribution in [0.1, 0.15) is 31.5 Å². The van der Waals surface area contributed by atoms with Crippen LogP contribution >= 0.6 is 11.8 Å². The van der Waals surface area contributed by atoms with E-state index in [1.165, 1.54) is 0 Å². The quantitative estimate of drug-likeness (QED) is 0.841. The summed E-state index contributed by atoms with van der Waals surface area (Å²) in [7, 11) is 0. The number of hydrogen-bond acceptors (Lipinski definition) is 7. The molecule has 0 aliphatic carbocycles. The molecule has 1 aromatic rings. The second kappa shape index (κ2) is 6.55. The molecule has 19 heavy (non-hydrogen) atoms. The number of amides is 1. The topological polar surface area (TPSA) is 89.6 Å². The predicted molar refractivity (Wildman–Crippen MR) is 70.6 cm³/mol. The molecule has 0 unspecified atom stereocenters. The normalized spacial score (nSPS) is 18.0. The molecule has 2 heterocycles. The number of thioether (sulfide) groups is 1. The Balaban J connectivity index is 1.77. The third-order valence-electron chi connectivity index (χ3n) is 2.63. The molecule has 104 valence electrons. The van der Waals surface area contributed by atoms with E-state index in [0.717, 1.165) is 12.1 Å². The number of oxime groups is 1. The van der Waals surface area contributed by atoms with E-state index in [-0.39, 0.29) is 12.5 Å². The van der Waals surface area contributed by atoms with E-state index in [4.69, 9.17) is 9.36 Å². The molecule has 1 aliphatic heterocycles. The fourth-order valence-corrected chi connectivity index (χ4v) is 1.98. The summed E-state index contributed by atoms with van der Waals surface area (Å²) >= 11 is 1.61. The highest BCUT2D eigenvalue weighted by Gasteiger charge is 2.27. The number of nitrogens with one attached hydrogen (secondary N) is 1. The summed E-state index contributed by atoms with van der Waals surface area (Å²) in [5, 5.41) is 10.3. The van der Waals surface area contributed by atoms with Gasteiger partial charge in [-0.1, -0.05) is 17.2 Å². The van der Waals surface area contributed by atoms with Gasteiger partial charge in [0.25, 0.3) is 5.91 Å². The fourth-order valence-electron chi connectivity index (χ4n) is 1.60. The Kier molecular flexibility index (Phi) is 4.78. The number of carbonyl (C=O) groups excluding carboxylic acids is 1. The van der Waals surface area contributed by atoms with Gasteiger partial charge in [0.05, 0.1) is 18.0 Å². The summed E-state index contributed by atoms with van der Waals surface area (Å²) in [4.78, 5) is 21.0. The lowest BCUT2D eigenvalue weighted by molar-refractivity contribution is -0.131. The average molecular weight is 284 g/mol. The highest BCUT2D eigenvalue weighted by Crippen LogP contribution is 2.12. The Hall–Kier alpha value is -1.57. The average Bonchev–Trinajstić information content (AvgIpc) is 3.05. The molecule has 8 heteroatoms. The van der Waals surface area contributed by atoms with Crippen LogP contribution in [0.2, 0.25) is 0 Å². The number of aromatic nitrogens is 2. The van der Waals surface area contributed by atoms with Gasteiger partial charge in [-0.25, -0.2) is 0 Å². The molecule has 0 saturated carbocycles. The lowest BCUT2D eigenvalue weighted by atomic mass is 10.1. The van der Waals surface area contributed by atoms with Crippen LogP contribution in [0.25, 0.3) is 0 Å². The molecule has 0 bridgehead atoms. The van der Waals surface area contributed by atoms with Gasteiger partial charge in [0, 0.05) is 6.42 Å². The van der Waals surface area contributed by atoms with Crippen LogP contribution in [0.5, 0.6) is 0 Å². The van der Waals surface area contributed by atoms with Gasteiger partial charge in [0.1, 0.15) is 0 Å². The van der Waals surface area contributed by atoms with Crippen LogP contribution in [0, 0.1) is 0 Å². The largest absolute Gasteiger partial charge is 0.382 e. The van der Waals surface area contributed by atoms with E-state index >= 15 is 0 Å². The minimum atomic E-state index is -0.538. The van der Waals surface area contributed by atoms with Gasteiger partial charge in [-0.15, -0.1) is 0 Å². The molecule has 1 atom stereocenters. The number of nitrogens with zero attached hydrogens (tertiary/aromatic N) is 3. The van der Waals surface area contributed by atoms with Crippen LogP contribution < -0.4 is 5.32 Å². The summed E-state index contributed by atoms with van der Waals surface area (Å²) in [5.74, 6) is 1.51. The molecule has 2 rings (SSSR count). The molecule has 0 saturated heterocycles. The molecule has 1 N–H and O–H groups in total. The van der Waals surface area contributed by atoms with Crippen LogP contribution in [0.3, 0.4) is 0 Å². The van der Waals surface area contributed by atoms with E-state index in [2.05, 4.69) is 20.6 Å². The molecule has 1 aromatic heterocycles. The molecule has 7 nitrogen and oxygen atoms in total. The monoisotopic (exact) mass is 284 g/mol. The minimum Gasteiger partial charge on any atom is -0.382 e. The highest BCUT2D eigenvalue weighted by atomic mass is 32.2. The molecule has 0 radical (unpaired) electrons. The maximum absolute atomic E-state index is 11.8. The molecule has 0 aromatic carbocycles. The first-order valence-electron chi connectivity index (χ1n) is 6.02. The standard InChI is InChI=1S/C11H16N4O3S/c1-3-7-4-8(17-14-7)11(16)12-5-10-13-9(6-19-2)15-18-10/h8H,3-6H2,1-2H3,(H,12,16)/t8-/m1/s1. The van der Waals surface area contributed by atoms with Crippen LogP contribution in [0.4, 0.5) is 0 Å². The maximum Gasteiger partial charge on any atom is 0.264 e. The van der Waals surface area contributed by atoms with Crippen molar-refractivity contribution in [2.24, 2.45) is 5.16 Å². The zero-order valence-electron chi connectivity index (χ0n) is 10.9. The molecule has 1 aliphatic rings. The lowest BCUT2D eigenvalue weighted by Crippen LogP contribution is -2.34. The predicted octanol–water partition coefficient (Wildman–Crippen LogP) is 1.10. The fraction of sp³-hybridized carbons (Fsp3) is 0.636. The van der Waals surface area contributed by atoms with Crippen molar-refractivity contribution in [3.63, 3.8) is 0 Å². The van der Waals surface area contributed by atoms with Crippen molar-refractivity contribution in [1.82, 2.24) is 15.5 Å². The summed E-state index contributed by atoms with van der Waals surface area (Å²) in [6, 6.07) is 0. The van der Waals surface area contributed by atoms with E-state index in [0.29, 0.717) is 23.9 Å². The number of rotatable bonds is 6. The van der Waals surface area contributed by atoms with Crippen molar-refractivity contribution in [1.29, 1.82) is 0 Å². The van der Waals surface area contributed by atoms with Gasteiger partial charge in [-0.3, -0.25) is 4.79 Å². The number of carbonyl (C=O) groups is 1. The number of hydrogen-bond donors (Lipinski definition) is 1. The van der Waals surface area contributed by atoms with Gasteiger partial charge in [-0.2, -0.15) is 16.7 Å². The molecule has 1 amide bonds. The third kappa shape index (κ3) is 3.69. The van der Waals surface area contributed by atoms with Gasteiger partial charge in [-0.05, 0) is 12.7 Å². The van der Waals surface area contributed by atoms with Crippen molar-refractivity contribution < 1.29 is 14.2 Å². The van der Waals surface area contributed by atoms with E-state index < -0.39 is 6.10 Å². The van der Waals surface area contributed by atoms with Crippen LogP contribution in [-0.4, -0.2) is 34.1 Å². The van der Waals surface area contributed by atoms with Crippen molar-refractivity contribution in [2.75, 3.05) is 6.26 Å². The first kappa shape index (κ1) is 13.9. The van der Waals surface area contributed by atoms with Gasteiger partial charge < -0.3 is 14.7 Å². The Morgan fingerprint density at radius 1 is 1.58 bits per heavy atom. The van der Waals surface area contributed by atoms with Crippen LogP contribution in [-0.2, 0) is 21.9 Å². The first-order chi connectivity index (χ1) is 9.22. The Morgan fingerprint density at radius 2 is 2.42 bits per heavy atom. The third-order valence-corrected chi connectivity index (χ3v) is 3.17. The summed E-state index contributed by atoms with van der Waals surface area (Å²) < 4.78 is 5.01. The summed E-state index contributed by atoms with van der Waals surface area (Å²) in [5.41, 5.74) is 0.903. The lowest BCUT2D eigenvalue weighted by Gasteiger charge is -2.07. The van der Waals surface area contributed by atoms with Gasteiger partial charge in [0.15, 0.2) is 5.82 Å². The summed E-state index contributed by atoms with van der Waals surface area (Å²) in [6.45, 7) is 2.19. The minimum absolute atomic E-state index is 0.210. The summed E-state index contributed by atoms with van der Waals surface area (Å²) in [6.07, 6.45) is 2.76.